The number of nitrogens with zero attached hydrogens (tertiary/aromatic N) is 1. The van der Waals surface area contributed by atoms with Crippen molar-refractivity contribution in [3.05, 3.63) is 18.2 Å². The molecule has 5 nitrogen and oxygen atoms in total. The van der Waals surface area contributed by atoms with Gasteiger partial charge in [-0.1, -0.05) is 0 Å². The summed E-state index contributed by atoms with van der Waals surface area (Å²) in [6.07, 6.45) is 2.04. The minimum Gasteiger partial charge on any atom is -0.490 e. The van der Waals surface area contributed by atoms with E-state index >= 15 is 0 Å². The van der Waals surface area contributed by atoms with Crippen molar-refractivity contribution < 1.29 is 18.3 Å². The predicted molar refractivity (Wildman–Crippen MR) is 104 cm³/mol. The van der Waals surface area contributed by atoms with E-state index in [1.54, 1.807) is 6.07 Å². The average Bonchev–Trinajstić information content (AvgIpc) is 2.77. The Bertz CT molecular complexity index is 614. The number of benzene rings is 1. The largest absolute Gasteiger partial charge is 0.490 e. The first kappa shape index (κ1) is 20.0. The maximum absolute atomic E-state index is 13.4. The van der Waals surface area contributed by atoms with Crippen LogP contribution in [0.1, 0.15) is 32.1 Å². The van der Waals surface area contributed by atoms with Gasteiger partial charge in [-0.2, -0.15) is 0 Å². The molecule has 8 heteroatoms. The Morgan fingerprint density at radius 1 is 1.24 bits per heavy atom. The molecule has 1 heterocycles. The number of rotatable bonds is 3. The third kappa shape index (κ3) is 5.86. The van der Waals surface area contributed by atoms with E-state index in [-0.39, 0.29) is 48.7 Å². The number of fused-ring (bicyclic) bond motifs is 1. The maximum atomic E-state index is 13.4. The first-order chi connectivity index (χ1) is 11.5. The Hall–Kier alpha value is -1.32. The molecule has 1 fully saturated rings. The van der Waals surface area contributed by atoms with Crippen molar-refractivity contribution in [2.75, 3.05) is 25.1 Å². The molecule has 0 bridgehead atoms. The van der Waals surface area contributed by atoms with Crippen molar-refractivity contribution in [3.63, 3.8) is 0 Å². The molecule has 0 amide bonds. The van der Waals surface area contributed by atoms with Gasteiger partial charge < -0.3 is 20.5 Å². The Morgan fingerprint density at radius 3 is 2.76 bits per heavy atom. The Labute approximate surface area is 163 Å². The van der Waals surface area contributed by atoms with E-state index in [0.717, 1.165) is 18.5 Å². The molecule has 2 aliphatic rings. The highest BCUT2D eigenvalue weighted by Gasteiger charge is 2.35. The predicted octanol–water partition coefficient (Wildman–Crippen LogP) is 4.02. The number of anilines is 1. The minimum atomic E-state index is -2.56. The van der Waals surface area contributed by atoms with Crippen LogP contribution >= 0.6 is 24.0 Å². The topological polar surface area (TPSA) is 68.9 Å². The zero-order valence-corrected chi connectivity index (χ0v) is 16.3. The standard InChI is InChI=1S/C17H23F2N3O2.HI/c18-17(19)6-1-3-12(10-17)11-21-16(20)22-13-4-5-14-15(9-13)24-8-2-7-23-14;/h4-5,9,12H,1-3,6-8,10-11H2,(H3,20,21,22);1H. The van der Waals surface area contributed by atoms with Gasteiger partial charge >= 0.3 is 0 Å². The van der Waals surface area contributed by atoms with Crippen LogP contribution in [0.3, 0.4) is 0 Å². The summed E-state index contributed by atoms with van der Waals surface area (Å²) in [4.78, 5) is 4.22. The third-order valence-corrected chi connectivity index (χ3v) is 4.28. The van der Waals surface area contributed by atoms with E-state index in [9.17, 15) is 8.78 Å². The second-order valence-corrected chi connectivity index (χ2v) is 6.38. The van der Waals surface area contributed by atoms with Crippen LogP contribution < -0.4 is 20.5 Å². The summed E-state index contributed by atoms with van der Waals surface area (Å²) < 4.78 is 38.0. The first-order valence-corrected chi connectivity index (χ1v) is 8.36. The summed E-state index contributed by atoms with van der Waals surface area (Å²) in [6, 6.07) is 5.44. The SMILES string of the molecule is I.NC(=NCC1CCCC(F)(F)C1)Nc1ccc2c(c1)OCCCO2. The van der Waals surface area contributed by atoms with Crippen LogP contribution in [-0.4, -0.2) is 31.6 Å². The fourth-order valence-electron chi connectivity index (χ4n) is 3.09. The number of hydrogen-bond acceptors (Lipinski definition) is 3. The molecule has 1 atom stereocenters. The molecule has 1 aliphatic carbocycles. The second kappa shape index (κ2) is 8.86. The van der Waals surface area contributed by atoms with Crippen LogP contribution in [0.25, 0.3) is 0 Å². The molecule has 3 rings (SSSR count). The zero-order valence-electron chi connectivity index (χ0n) is 14.0. The number of alkyl halides is 2. The molecule has 0 radical (unpaired) electrons. The lowest BCUT2D eigenvalue weighted by atomic mass is 9.87. The van der Waals surface area contributed by atoms with Crippen LogP contribution in [0, 0.1) is 5.92 Å². The summed E-state index contributed by atoms with van der Waals surface area (Å²) in [6.45, 7) is 1.56. The minimum absolute atomic E-state index is 0. The molecule has 1 aromatic rings. The molecule has 1 aliphatic heterocycles. The molecular weight excluding hydrogens is 443 g/mol. The lowest BCUT2D eigenvalue weighted by Gasteiger charge is -2.27. The summed E-state index contributed by atoms with van der Waals surface area (Å²) in [5.41, 5.74) is 6.61. The van der Waals surface area contributed by atoms with Crippen LogP contribution in [-0.2, 0) is 0 Å². The zero-order chi connectivity index (χ0) is 17.0. The smallest absolute Gasteiger partial charge is 0.248 e. The fraction of sp³-hybridized carbons (Fsp3) is 0.588. The molecule has 0 spiro atoms. The van der Waals surface area contributed by atoms with Crippen LogP contribution in [0.15, 0.2) is 23.2 Å². The Kier molecular flexibility index (Phi) is 7.09. The molecule has 1 aromatic carbocycles. The van der Waals surface area contributed by atoms with Crippen molar-refractivity contribution in [1.29, 1.82) is 0 Å². The monoisotopic (exact) mass is 467 g/mol. The van der Waals surface area contributed by atoms with Gasteiger partial charge in [0.2, 0.25) is 5.92 Å². The lowest BCUT2D eigenvalue weighted by Crippen LogP contribution is -2.29. The van der Waals surface area contributed by atoms with E-state index in [0.29, 0.717) is 37.7 Å². The third-order valence-electron chi connectivity index (χ3n) is 4.28. The van der Waals surface area contributed by atoms with Gasteiger partial charge in [-0.25, -0.2) is 8.78 Å². The van der Waals surface area contributed by atoms with Crippen molar-refractivity contribution in [2.24, 2.45) is 16.6 Å². The van der Waals surface area contributed by atoms with Crippen molar-refractivity contribution in [3.8, 4) is 11.5 Å². The first-order valence-electron chi connectivity index (χ1n) is 8.36. The van der Waals surface area contributed by atoms with Gasteiger partial charge in [-0.3, -0.25) is 4.99 Å². The average molecular weight is 467 g/mol. The molecule has 0 aromatic heterocycles. The van der Waals surface area contributed by atoms with Gasteiger partial charge in [0.1, 0.15) is 0 Å². The number of nitrogens with two attached hydrogens (primary N) is 1. The molecular formula is C17H24F2IN3O2. The van der Waals surface area contributed by atoms with E-state index in [1.807, 2.05) is 12.1 Å². The number of nitrogens with one attached hydrogen (secondary N) is 1. The molecule has 25 heavy (non-hydrogen) atoms. The quantitative estimate of drug-likeness (QED) is 0.401. The number of halogens is 3. The summed E-state index contributed by atoms with van der Waals surface area (Å²) in [5.74, 6) is -1.08. The van der Waals surface area contributed by atoms with E-state index in [4.69, 9.17) is 15.2 Å². The highest BCUT2D eigenvalue weighted by Crippen LogP contribution is 2.36. The second-order valence-electron chi connectivity index (χ2n) is 6.38. The highest BCUT2D eigenvalue weighted by atomic mass is 127. The molecule has 3 N–H and O–H groups in total. The number of ether oxygens (including phenoxy) is 2. The number of hydrogen-bond donors (Lipinski definition) is 2. The Balaban J connectivity index is 0.00000225. The van der Waals surface area contributed by atoms with Gasteiger partial charge in [-0.15, -0.1) is 24.0 Å². The van der Waals surface area contributed by atoms with Crippen LogP contribution in [0.2, 0.25) is 0 Å². The number of guanidine groups is 1. The van der Waals surface area contributed by atoms with Crippen LogP contribution in [0.5, 0.6) is 11.5 Å². The van der Waals surface area contributed by atoms with Crippen molar-refractivity contribution in [2.45, 2.75) is 38.0 Å². The number of aliphatic imine (C=N–C) groups is 1. The molecule has 0 saturated heterocycles. The lowest BCUT2D eigenvalue weighted by molar-refractivity contribution is -0.0507. The molecule has 140 valence electrons. The van der Waals surface area contributed by atoms with Gasteiger partial charge in [0.25, 0.3) is 0 Å². The van der Waals surface area contributed by atoms with E-state index < -0.39 is 5.92 Å². The summed E-state index contributed by atoms with van der Waals surface area (Å²) >= 11 is 0. The van der Waals surface area contributed by atoms with Gasteiger partial charge in [0.15, 0.2) is 17.5 Å². The fourth-order valence-corrected chi connectivity index (χ4v) is 3.09. The van der Waals surface area contributed by atoms with Gasteiger partial charge in [-0.05, 0) is 30.9 Å². The van der Waals surface area contributed by atoms with E-state index in [2.05, 4.69) is 10.3 Å². The van der Waals surface area contributed by atoms with Crippen molar-refractivity contribution >= 4 is 35.6 Å². The highest BCUT2D eigenvalue weighted by molar-refractivity contribution is 14.0. The van der Waals surface area contributed by atoms with E-state index in [1.165, 1.54) is 0 Å². The summed E-state index contributed by atoms with van der Waals surface area (Å²) in [5, 5.41) is 2.98. The maximum Gasteiger partial charge on any atom is 0.248 e. The molecule has 1 saturated carbocycles. The van der Waals surface area contributed by atoms with Crippen molar-refractivity contribution in [1.82, 2.24) is 0 Å². The van der Waals surface area contributed by atoms with Crippen LogP contribution in [0.4, 0.5) is 14.5 Å². The molecule has 1 unspecified atom stereocenters. The van der Waals surface area contributed by atoms with Gasteiger partial charge in [0.05, 0.1) is 13.2 Å². The van der Waals surface area contributed by atoms with Gasteiger partial charge in [0, 0.05) is 37.6 Å². The normalized spacial score (nSPS) is 22.5. The summed E-state index contributed by atoms with van der Waals surface area (Å²) in [7, 11) is 0. The Morgan fingerprint density at radius 2 is 2.00 bits per heavy atom.